The highest BCUT2D eigenvalue weighted by atomic mass is 19.2. The van der Waals surface area contributed by atoms with Gasteiger partial charge in [0.25, 0.3) is 5.91 Å². The highest BCUT2D eigenvalue weighted by molar-refractivity contribution is 6.04. The predicted octanol–water partition coefficient (Wildman–Crippen LogP) is 5.79. The minimum Gasteiger partial charge on any atom is -0.481 e. The number of ketones is 2. The number of ether oxygens (including phenoxy) is 3. The molecule has 2 N–H and O–H groups in total. The second-order valence-electron chi connectivity index (χ2n) is 10.9. The first-order valence-corrected chi connectivity index (χ1v) is 14.6. The molecule has 3 aromatic carbocycles. The van der Waals surface area contributed by atoms with E-state index < -0.39 is 42.3 Å². The first kappa shape index (κ1) is 32.1. The van der Waals surface area contributed by atoms with Crippen molar-refractivity contribution in [3.8, 4) is 17.2 Å². The zero-order chi connectivity index (χ0) is 32.8. The molecule has 11 nitrogen and oxygen atoms in total. The van der Waals surface area contributed by atoms with Crippen molar-refractivity contribution in [3.63, 3.8) is 0 Å². The first-order chi connectivity index (χ1) is 22.1. The van der Waals surface area contributed by atoms with Gasteiger partial charge < -0.3 is 24.2 Å². The lowest BCUT2D eigenvalue weighted by atomic mass is 10.0. The molecule has 2 aliphatic rings. The van der Waals surface area contributed by atoms with Gasteiger partial charge in [-0.2, -0.15) is 0 Å². The molecule has 1 saturated carbocycles. The number of fused-ring (bicyclic) bond motifs is 1. The maximum absolute atomic E-state index is 13.7. The Morgan fingerprint density at radius 3 is 2.39 bits per heavy atom. The van der Waals surface area contributed by atoms with Crippen molar-refractivity contribution in [1.29, 1.82) is 0 Å². The normalized spacial score (nSPS) is 16.6. The predicted molar refractivity (Wildman–Crippen MR) is 158 cm³/mol. The first-order valence-electron chi connectivity index (χ1n) is 14.6. The number of nitrogens with zero attached hydrogens (tertiary/aromatic N) is 1. The van der Waals surface area contributed by atoms with Gasteiger partial charge in [0, 0.05) is 43.1 Å². The monoisotopic (exact) mass is 636 g/mol. The van der Waals surface area contributed by atoms with Crippen molar-refractivity contribution in [3.05, 3.63) is 82.9 Å². The SMILES string of the molecule is O=C(O)COc1c(COC(=O)Nc2ccc(Oc3ccc(F)c(F)c3)cc2)ccc2c1C(=O)N(C1CCC(=O)CCCCC1=O)C2. The molecular weight excluding hydrogens is 606 g/mol. The summed E-state index contributed by atoms with van der Waals surface area (Å²) in [5.74, 6) is -3.66. The van der Waals surface area contributed by atoms with Crippen LogP contribution in [-0.2, 0) is 32.3 Å². The van der Waals surface area contributed by atoms with Crippen LogP contribution in [-0.4, -0.2) is 52.2 Å². The van der Waals surface area contributed by atoms with Gasteiger partial charge in [-0.25, -0.2) is 18.4 Å². The summed E-state index contributed by atoms with van der Waals surface area (Å²) >= 11 is 0. The topological polar surface area (TPSA) is 149 Å². The van der Waals surface area contributed by atoms with Crippen molar-refractivity contribution >= 4 is 35.2 Å². The number of hydrogen-bond donors (Lipinski definition) is 2. The van der Waals surface area contributed by atoms with Crippen molar-refractivity contribution in [2.45, 2.75) is 57.7 Å². The number of carbonyl (C=O) groups is 5. The summed E-state index contributed by atoms with van der Waals surface area (Å²) in [4.78, 5) is 64.2. The summed E-state index contributed by atoms with van der Waals surface area (Å²) in [6.45, 7) is -1.06. The smallest absolute Gasteiger partial charge is 0.411 e. The Bertz CT molecular complexity index is 1680. The molecule has 46 heavy (non-hydrogen) atoms. The molecule has 1 aliphatic carbocycles. The Balaban J connectivity index is 1.27. The fourth-order valence-electron chi connectivity index (χ4n) is 5.38. The summed E-state index contributed by atoms with van der Waals surface area (Å²) in [5.41, 5.74) is 1.15. The van der Waals surface area contributed by atoms with Crippen LogP contribution in [0.1, 0.15) is 60.0 Å². The molecule has 240 valence electrons. The molecule has 13 heteroatoms. The lowest BCUT2D eigenvalue weighted by Crippen LogP contribution is -2.41. The number of carbonyl (C=O) groups excluding carboxylic acids is 4. The molecule has 1 atom stereocenters. The maximum Gasteiger partial charge on any atom is 0.411 e. The quantitative estimate of drug-likeness (QED) is 0.298. The van der Waals surface area contributed by atoms with Crippen LogP contribution in [0, 0.1) is 11.6 Å². The van der Waals surface area contributed by atoms with Gasteiger partial charge in [0.15, 0.2) is 24.0 Å². The Labute approximate surface area is 262 Å². The van der Waals surface area contributed by atoms with Gasteiger partial charge in [0.05, 0.1) is 11.6 Å². The molecule has 5 rings (SSSR count). The third-order valence-corrected chi connectivity index (χ3v) is 7.64. The van der Waals surface area contributed by atoms with Gasteiger partial charge in [0.1, 0.15) is 29.6 Å². The van der Waals surface area contributed by atoms with Crippen LogP contribution in [0.5, 0.6) is 17.2 Å². The highest BCUT2D eigenvalue weighted by Gasteiger charge is 2.39. The van der Waals surface area contributed by atoms with E-state index >= 15 is 0 Å². The molecule has 0 bridgehead atoms. The van der Waals surface area contributed by atoms with Crippen LogP contribution >= 0.6 is 0 Å². The van der Waals surface area contributed by atoms with Gasteiger partial charge >= 0.3 is 12.1 Å². The van der Waals surface area contributed by atoms with Gasteiger partial charge in [-0.1, -0.05) is 12.1 Å². The molecule has 0 aromatic heterocycles. The second-order valence-corrected chi connectivity index (χ2v) is 10.9. The van der Waals surface area contributed by atoms with Gasteiger partial charge in [-0.15, -0.1) is 0 Å². The largest absolute Gasteiger partial charge is 0.481 e. The van der Waals surface area contributed by atoms with Crippen LogP contribution in [0.4, 0.5) is 19.3 Å². The zero-order valence-electron chi connectivity index (χ0n) is 24.6. The summed E-state index contributed by atoms with van der Waals surface area (Å²) in [6, 6.07) is 11.5. The van der Waals surface area contributed by atoms with Crippen molar-refractivity contribution in [1.82, 2.24) is 4.90 Å². The van der Waals surface area contributed by atoms with Crippen molar-refractivity contribution in [2.24, 2.45) is 0 Å². The Kier molecular flexibility index (Phi) is 9.89. The van der Waals surface area contributed by atoms with Gasteiger partial charge in [-0.3, -0.25) is 19.7 Å². The number of nitrogens with one attached hydrogen (secondary N) is 1. The number of benzene rings is 3. The van der Waals surface area contributed by atoms with E-state index in [0.717, 1.165) is 12.1 Å². The Hall–Kier alpha value is -5.33. The summed E-state index contributed by atoms with van der Waals surface area (Å²) in [6.07, 6.45) is 1.34. The summed E-state index contributed by atoms with van der Waals surface area (Å²) in [7, 11) is 0. The van der Waals surface area contributed by atoms with E-state index in [-0.39, 0.29) is 66.6 Å². The van der Waals surface area contributed by atoms with Crippen LogP contribution in [0.2, 0.25) is 0 Å². The number of halogens is 2. The number of aliphatic carboxylic acids is 1. The maximum atomic E-state index is 13.7. The van der Waals surface area contributed by atoms with E-state index in [0.29, 0.717) is 36.3 Å². The number of carboxylic acids is 1. The van der Waals surface area contributed by atoms with E-state index in [9.17, 15) is 37.9 Å². The minimum atomic E-state index is -1.29. The molecule has 1 aliphatic heterocycles. The van der Waals surface area contributed by atoms with Crippen LogP contribution in [0.15, 0.2) is 54.6 Å². The summed E-state index contributed by atoms with van der Waals surface area (Å²) < 4.78 is 42.9. The molecule has 3 aromatic rings. The van der Waals surface area contributed by atoms with E-state index in [1.165, 1.54) is 35.2 Å². The number of hydrogen-bond acceptors (Lipinski definition) is 8. The number of anilines is 1. The minimum absolute atomic E-state index is 0.0398. The lowest BCUT2D eigenvalue weighted by molar-refractivity contribution is -0.139. The number of carboxylic acid groups (broad SMARTS) is 1. The molecule has 0 saturated heterocycles. The molecule has 0 spiro atoms. The third kappa shape index (κ3) is 7.65. The Morgan fingerprint density at radius 2 is 1.65 bits per heavy atom. The van der Waals surface area contributed by atoms with Crippen molar-refractivity contribution in [2.75, 3.05) is 11.9 Å². The van der Waals surface area contributed by atoms with Gasteiger partial charge in [0.2, 0.25) is 0 Å². The second kappa shape index (κ2) is 14.2. The molecule has 0 radical (unpaired) electrons. The van der Waals surface area contributed by atoms with E-state index in [2.05, 4.69) is 5.32 Å². The summed E-state index contributed by atoms with van der Waals surface area (Å²) in [5, 5.41) is 11.8. The standard InChI is InChI=1S/C33H30F2N2O9/c34-25-13-12-24(15-26(25)35)46-23-10-7-21(8-11-23)36-33(43)45-17-20-6-5-19-16-37(32(42)30(19)31(20)44-18-29(40)41)27-14-9-22(38)3-1-2-4-28(27)39/h5-8,10-13,15,27H,1-4,9,14,16-18H2,(H,36,43)(H,40,41). The lowest BCUT2D eigenvalue weighted by Gasteiger charge is -2.26. The Morgan fingerprint density at radius 1 is 0.913 bits per heavy atom. The van der Waals surface area contributed by atoms with E-state index in [4.69, 9.17) is 14.2 Å². The molecule has 1 heterocycles. The number of amides is 2. The van der Waals surface area contributed by atoms with Crippen molar-refractivity contribution < 1.29 is 52.1 Å². The fourth-order valence-corrected chi connectivity index (χ4v) is 5.38. The fraction of sp³-hybridized carbons (Fsp3) is 0.303. The third-order valence-electron chi connectivity index (χ3n) is 7.64. The van der Waals surface area contributed by atoms with E-state index in [1.807, 2.05) is 0 Å². The van der Waals surface area contributed by atoms with Crippen LogP contribution < -0.4 is 14.8 Å². The molecule has 1 unspecified atom stereocenters. The average Bonchev–Trinajstić information content (AvgIpc) is 3.38. The van der Waals surface area contributed by atoms with E-state index in [1.54, 1.807) is 12.1 Å². The van der Waals surface area contributed by atoms with Gasteiger partial charge in [-0.05, 0) is 61.2 Å². The number of rotatable bonds is 9. The van der Waals surface area contributed by atoms with Crippen LogP contribution in [0.3, 0.4) is 0 Å². The molecule has 1 fully saturated rings. The molecular formula is C33H30F2N2O9. The van der Waals surface area contributed by atoms with Crippen LogP contribution in [0.25, 0.3) is 0 Å². The highest BCUT2D eigenvalue weighted by Crippen LogP contribution is 2.37. The zero-order valence-corrected chi connectivity index (χ0v) is 24.6. The molecule has 2 amide bonds. The average molecular weight is 637 g/mol. The number of Topliss-reactive ketones (excluding diaryl/α,β-unsaturated/α-hetero) is 2.